The molecule has 1 aliphatic rings. The average molecular weight is 482 g/mol. The van der Waals surface area contributed by atoms with E-state index in [1.807, 2.05) is 41.1 Å². The Bertz CT molecular complexity index is 1080. The summed E-state index contributed by atoms with van der Waals surface area (Å²) in [6, 6.07) is 11.6. The van der Waals surface area contributed by atoms with Crippen LogP contribution in [0.15, 0.2) is 53.3 Å². The average Bonchev–Trinajstić information content (AvgIpc) is 3.18. The van der Waals surface area contributed by atoms with E-state index in [1.165, 1.54) is 0 Å². The van der Waals surface area contributed by atoms with E-state index in [1.54, 1.807) is 12.4 Å². The van der Waals surface area contributed by atoms with Crippen LogP contribution in [0.4, 0.5) is 0 Å². The molecular weight excluding hydrogens is 458 g/mol. The predicted molar refractivity (Wildman–Crippen MR) is 121 cm³/mol. The topological polar surface area (TPSA) is 88.9 Å². The van der Waals surface area contributed by atoms with Crippen LogP contribution < -0.4 is 10.6 Å². The van der Waals surface area contributed by atoms with Crippen molar-refractivity contribution in [2.45, 2.75) is 38.6 Å². The number of amides is 2. The smallest absolute Gasteiger partial charge is 0.272 e. The Morgan fingerprint density at radius 3 is 2.68 bits per heavy atom. The van der Waals surface area contributed by atoms with Crippen LogP contribution in [0.2, 0.25) is 0 Å². The molecule has 0 aliphatic heterocycles. The highest BCUT2D eigenvalue weighted by atomic mass is 79.9. The summed E-state index contributed by atoms with van der Waals surface area (Å²) in [7, 11) is 0. The number of halogens is 1. The van der Waals surface area contributed by atoms with Gasteiger partial charge in [0.05, 0.1) is 5.69 Å². The molecule has 0 spiro atoms. The van der Waals surface area contributed by atoms with E-state index in [4.69, 9.17) is 0 Å². The SMILES string of the molecule is O=C(CCNC(=O)c1nn(-c2cccc(Br)c2)c2c1CCCC2)NCc1ccncc1. The summed E-state index contributed by atoms with van der Waals surface area (Å²) in [5.74, 6) is -0.340. The lowest BCUT2D eigenvalue weighted by atomic mass is 9.95. The van der Waals surface area contributed by atoms with Gasteiger partial charge in [-0.15, -0.1) is 0 Å². The van der Waals surface area contributed by atoms with Crippen molar-refractivity contribution in [1.82, 2.24) is 25.4 Å². The number of carbonyl (C=O) groups is 2. The summed E-state index contributed by atoms with van der Waals surface area (Å²) in [5.41, 5.74) is 4.50. The second-order valence-corrected chi connectivity index (χ2v) is 8.43. The molecule has 0 atom stereocenters. The van der Waals surface area contributed by atoms with Crippen LogP contribution in [0.1, 0.15) is 46.6 Å². The number of rotatable bonds is 7. The third-order valence-corrected chi connectivity index (χ3v) is 5.82. The minimum absolute atomic E-state index is 0.112. The predicted octanol–water partition coefficient (Wildman–Crippen LogP) is 3.34. The van der Waals surface area contributed by atoms with Gasteiger partial charge in [-0.05, 0) is 61.6 Å². The Morgan fingerprint density at radius 1 is 1.06 bits per heavy atom. The van der Waals surface area contributed by atoms with E-state index in [-0.39, 0.29) is 24.8 Å². The first-order valence-electron chi connectivity index (χ1n) is 10.4. The number of hydrogen-bond acceptors (Lipinski definition) is 4. The number of fused-ring (bicyclic) bond motifs is 1. The molecule has 4 rings (SSSR count). The van der Waals surface area contributed by atoms with Crippen molar-refractivity contribution in [3.05, 3.63) is 75.8 Å². The Hall–Kier alpha value is -3.00. The van der Waals surface area contributed by atoms with Gasteiger partial charge < -0.3 is 10.6 Å². The number of aromatic nitrogens is 3. The number of pyridine rings is 1. The Balaban J connectivity index is 1.39. The van der Waals surface area contributed by atoms with E-state index < -0.39 is 0 Å². The molecule has 0 saturated carbocycles. The quantitative estimate of drug-likeness (QED) is 0.541. The highest BCUT2D eigenvalue weighted by Crippen LogP contribution is 2.27. The fraction of sp³-hybridized carbons (Fsp3) is 0.304. The Kier molecular flexibility index (Phi) is 6.76. The maximum absolute atomic E-state index is 12.9. The summed E-state index contributed by atoms with van der Waals surface area (Å²) in [5, 5.41) is 10.4. The van der Waals surface area contributed by atoms with Gasteiger partial charge in [0.15, 0.2) is 5.69 Å². The standard InChI is InChI=1S/C23H24BrN5O2/c24-17-4-3-5-18(14-17)29-20-7-2-1-6-19(20)22(28-29)23(31)26-13-10-21(30)27-15-16-8-11-25-12-9-16/h3-5,8-9,11-12,14H,1-2,6-7,10,13,15H2,(H,26,31)(H,27,30). The molecule has 0 saturated heterocycles. The first kappa shape index (κ1) is 21.2. The largest absolute Gasteiger partial charge is 0.352 e. The van der Waals surface area contributed by atoms with Gasteiger partial charge in [-0.1, -0.05) is 22.0 Å². The zero-order valence-corrected chi connectivity index (χ0v) is 18.7. The molecule has 7 nitrogen and oxygen atoms in total. The summed E-state index contributed by atoms with van der Waals surface area (Å²) in [4.78, 5) is 28.9. The van der Waals surface area contributed by atoms with Crippen molar-refractivity contribution in [3.8, 4) is 5.69 Å². The lowest BCUT2D eigenvalue weighted by molar-refractivity contribution is -0.121. The van der Waals surface area contributed by atoms with Crippen LogP contribution in [0.3, 0.4) is 0 Å². The van der Waals surface area contributed by atoms with Gasteiger partial charge in [-0.3, -0.25) is 14.6 Å². The molecule has 2 heterocycles. The molecule has 3 aromatic rings. The van der Waals surface area contributed by atoms with Crippen LogP contribution in [-0.4, -0.2) is 33.1 Å². The number of hydrogen-bond donors (Lipinski definition) is 2. The summed E-state index contributed by atoms with van der Waals surface area (Å²) >= 11 is 3.51. The molecule has 160 valence electrons. The van der Waals surface area contributed by atoms with Crippen molar-refractivity contribution in [2.75, 3.05) is 6.54 Å². The third kappa shape index (κ3) is 5.19. The van der Waals surface area contributed by atoms with Crippen molar-refractivity contribution in [2.24, 2.45) is 0 Å². The van der Waals surface area contributed by atoms with E-state index in [0.717, 1.165) is 52.7 Å². The molecule has 1 aromatic carbocycles. The number of benzene rings is 1. The van der Waals surface area contributed by atoms with Gasteiger partial charge >= 0.3 is 0 Å². The van der Waals surface area contributed by atoms with Gasteiger partial charge in [0.1, 0.15) is 0 Å². The van der Waals surface area contributed by atoms with Crippen molar-refractivity contribution in [3.63, 3.8) is 0 Å². The molecular formula is C23H24BrN5O2. The molecule has 0 unspecified atom stereocenters. The van der Waals surface area contributed by atoms with Crippen molar-refractivity contribution in [1.29, 1.82) is 0 Å². The number of nitrogens with one attached hydrogen (secondary N) is 2. The molecule has 2 amide bonds. The fourth-order valence-electron chi connectivity index (χ4n) is 3.77. The molecule has 0 fully saturated rings. The molecule has 0 bridgehead atoms. The van der Waals surface area contributed by atoms with Crippen LogP contribution in [0.25, 0.3) is 5.69 Å². The van der Waals surface area contributed by atoms with Gasteiger partial charge in [0, 0.05) is 47.6 Å². The summed E-state index contributed by atoms with van der Waals surface area (Å²) in [6.45, 7) is 0.708. The maximum Gasteiger partial charge on any atom is 0.272 e. The molecule has 2 N–H and O–H groups in total. The first-order chi connectivity index (χ1) is 15.1. The number of carbonyl (C=O) groups excluding carboxylic acids is 2. The van der Waals surface area contributed by atoms with E-state index in [9.17, 15) is 9.59 Å². The van der Waals surface area contributed by atoms with Gasteiger partial charge in [-0.2, -0.15) is 5.10 Å². The molecule has 31 heavy (non-hydrogen) atoms. The van der Waals surface area contributed by atoms with Gasteiger partial charge in [0.25, 0.3) is 5.91 Å². The van der Waals surface area contributed by atoms with Crippen LogP contribution in [0.5, 0.6) is 0 Å². The highest BCUT2D eigenvalue weighted by molar-refractivity contribution is 9.10. The minimum Gasteiger partial charge on any atom is -0.352 e. The summed E-state index contributed by atoms with van der Waals surface area (Å²) in [6.07, 6.45) is 7.48. The highest BCUT2D eigenvalue weighted by Gasteiger charge is 2.25. The van der Waals surface area contributed by atoms with E-state index in [2.05, 4.69) is 36.6 Å². The Morgan fingerprint density at radius 2 is 1.87 bits per heavy atom. The summed E-state index contributed by atoms with van der Waals surface area (Å²) < 4.78 is 2.85. The maximum atomic E-state index is 12.9. The van der Waals surface area contributed by atoms with E-state index >= 15 is 0 Å². The second-order valence-electron chi connectivity index (χ2n) is 7.51. The molecule has 8 heteroatoms. The molecule has 2 aromatic heterocycles. The monoisotopic (exact) mass is 481 g/mol. The normalized spacial score (nSPS) is 12.8. The van der Waals surface area contributed by atoms with E-state index in [0.29, 0.717) is 12.2 Å². The third-order valence-electron chi connectivity index (χ3n) is 5.32. The second kappa shape index (κ2) is 9.87. The lowest BCUT2D eigenvalue weighted by Crippen LogP contribution is -2.31. The fourth-order valence-corrected chi connectivity index (χ4v) is 4.15. The van der Waals surface area contributed by atoms with Crippen LogP contribution in [0, 0.1) is 0 Å². The van der Waals surface area contributed by atoms with Gasteiger partial charge in [0.2, 0.25) is 5.91 Å². The molecule has 0 radical (unpaired) electrons. The lowest BCUT2D eigenvalue weighted by Gasteiger charge is -2.14. The van der Waals surface area contributed by atoms with Crippen molar-refractivity contribution >= 4 is 27.7 Å². The van der Waals surface area contributed by atoms with Gasteiger partial charge in [-0.25, -0.2) is 4.68 Å². The minimum atomic E-state index is -0.228. The molecule has 1 aliphatic carbocycles. The Labute approximate surface area is 189 Å². The first-order valence-corrected chi connectivity index (χ1v) is 11.2. The van der Waals surface area contributed by atoms with Crippen LogP contribution >= 0.6 is 15.9 Å². The number of nitrogens with zero attached hydrogens (tertiary/aromatic N) is 3. The zero-order chi connectivity index (χ0) is 21.6. The van der Waals surface area contributed by atoms with Crippen LogP contribution in [-0.2, 0) is 24.2 Å². The zero-order valence-electron chi connectivity index (χ0n) is 17.1. The van der Waals surface area contributed by atoms with Crippen molar-refractivity contribution < 1.29 is 9.59 Å².